The summed E-state index contributed by atoms with van der Waals surface area (Å²) in [4.78, 5) is 19.0. The molecule has 3 aromatic rings. The minimum absolute atomic E-state index is 0.0152. The lowest BCUT2D eigenvalue weighted by atomic mass is 10.1. The molecular weight excluding hydrogens is 420 g/mol. The molecule has 3 N–H and O–H groups in total. The van der Waals surface area contributed by atoms with Gasteiger partial charge >= 0.3 is 6.09 Å². The molecule has 0 saturated carbocycles. The maximum Gasteiger partial charge on any atom is 0.413 e. The van der Waals surface area contributed by atoms with Gasteiger partial charge in [0.25, 0.3) is 0 Å². The number of hydrogen-bond donors (Lipinski definition) is 3. The predicted octanol–water partition coefficient (Wildman–Crippen LogP) is 3.24. The van der Waals surface area contributed by atoms with E-state index in [-0.39, 0.29) is 30.9 Å². The lowest BCUT2D eigenvalue weighted by molar-refractivity contribution is 0.0606. The second kappa shape index (κ2) is 10.4. The minimum atomic E-state index is -1.25. The Kier molecular flexibility index (Phi) is 7.68. The SMILES string of the molecule is CN(Cc1cccc(F)c1F)[C@@H](C[C@@H](O)CO)CN(C(=O)O)c1cc2ccccc2cn1. The third-order valence-electron chi connectivity index (χ3n) is 5.35. The molecule has 9 heteroatoms. The number of aromatic nitrogens is 1. The first kappa shape index (κ1) is 23.5. The van der Waals surface area contributed by atoms with Gasteiger partial charge in [-0.1, -0.05) is 36.4 Å². The van der Waals surface area contributed by atoms with Gasteiger partial charge in [-0.15, -0.1) is 0 Å². The molecule has 170 valence electrons. The molecule has 2 aromatic carbocycles. The average molecular weight is 445 g/mol. The maximum absolute atomic E-state index is 14.2. The van der Waals surface area contributed by atoms with Crippen molar-refractivity contribution in [1.29, 1.82) is 0 Å². The van der Waals surface area contributed by atoms with Crippen LogP contribution in [-0.4, -0.2) is 63.6 Å². The van der Waals surface area contributed by atoms with E-state index >= 15 is 0 Å². The molecule has 2 atom stereocenters. The number of benzene rings is 2. The first-order chi connectivity index (χ1) is 15.3. The third kappa shape index (κ3) is 5.56. The first-order valence-corrected chi connectivity index (χ1v) is 10.1. The summed E-state index contributed by atoms with van der Waals surface area (Å²) in [6, 6.07) is 12.3. The Morgan fingerprint density at radius 1 is 1.12 bits per heavy atom. The highest BCUT2D eigenvalue weighted by atomic mass is 19.2. The van der Waals surface area contributed by atoms with Gasteiger partial charge in [-0.2, -0.15) is 0 Å². The summed E-state index contributed by atoms with van der Waals surface area (Å²) in [6.07, 6.45) is -0.771. The van der Waals surface area contributed by atoms with Crippen LogP contribution < -0.4 is 4.90 Å². The second-order valence-electron chi connectivity index (χ2n) is 7.64. The van der Waals surface area contributed by atoms with Gasteiger partial charge in [-0.05, 0) is 31.0 Å². The van der Waals surface area contributed by atoms with Crippen LogP contribution >= 0.6 is 0 Å². The van der Waals surface area contributed by atoms with Crippen molar-refractivity contribution in [2.45, 2.75) is 25.1 Å². The van der Waals surface area contributed by atoms with Crippen molar-refractivity contribution < 1.29 is 28.9 Å². The number of rotatable bonds is 9. The lowest BCUT2D eigenvalue weighted by Crippen LogP contribution is -2.46. The Balaban J connectivity index is 1.88. The monoisotopic (exact) mass is 445 g/mol. The Morgan fingerprint density at radius 3 is 2.53 bits per heavy atom. The zero-order valence-corrected chi connectivity index (χ0v) is 17.5. The number of aliphatic hydroxyl groups excluding tert-OH is 2. The molecule has 0 fully saturated rings. The Labute approximate surface area is 184 Å². The number of nitrogens with zero attached hydrogens (tertiary/aromatic N) is 3. The van der Waals surface area contributed by atoms with Crippen LogP contribution in [0.3, 0.4) is 0 Å². The fourth-order valence-electron chi connectivity index (χ4n) is 3.55. The van der Waals surface area contributed by atoms with E-state index in [4.69, 9.17) is 0 Å². The van der Waals surface area contributed by atoms with Crippen LogP contribution in [0.2, 0.25) is 0 Å². The molecule has 0 saturated heterocycles. The van der Waals surface area contributed by atoms with Gasteiger partial charge in [-0.25, -0.2) is 18.6 Å². The normalized spacial score (nSPS) is 13.3. The Bertz CT molecular complexity index is 1080. The molecule has 0 aliphatic carbocycles. The number of pyridine rings is 1. The van der Waals surface area contributed by atoms with Crippen LogP contribution in [0.5, 0.6) is 0 Å². The maximum atomic E-state index is 14.2. The van der Waals surface area contributed by atoms with Gasteiger partial charge in [0.1, 0.15) is 5.82 Å². The number of likely N-dealkylation sites (N-methyl/N-ethyl adjacent to an activating group) is 1. The Morgan fingerprint density at radius 2 is 1.84 bits per heavy atom. The largest absolute Gasteiger partial charge is 0.465 e. The minimum Gasteiger partial charge on any atom is -0.465 e. The molecule has 32 heavy (non-hydrogen) atoms. The number of anilines is 1. The van der Waals surface area contributed by atoms with Gasteiger partial charge in [0, 0.05) is 36.3 Å². The molecule has 0 bridgehead atoms. The topological polar surface area (TPSA) is 97.1 Å². The second-order valence-corrected chi connectivity index (χ2v) is 7.64. The molecule has 3 rings (SSSR count). The molecule has 0 spiro atoms. The molecule has 1 amide bonds. The quantitative estimate of drug-likeness (QED) is 0.468. The van der Waals surface area contributed by atoms with Crippen LogP contribution in [0, 0.1) is 11.6 Å². The molecule has 0 unspecified atom stereocenters. The van der Waals surface area contributed by atoms with Crippen molar-refractivity contribution in [2.75, 3.05) is 25.1 Å². The number of halogens is 2. The van der Waals surface area contributed by atoms with E-state index < -0.39 is 36.5 Å². The number of aliphatic hydroxyl groups is 2. The van der Waals surface area contributed by atoms with Crippen LogP contribution in [0.15, 0.2) is 54.7 Å². The van der Waals surface area contributed by atoms with Crippen LogP contribution in [0.4, 0.5) is 19.4 Å². The lowest BCUT2D eigenvalue weighted by Gasteiger charge is -2.33. The van der Waals surface area contributed by atoms with Gasteiger partial charge in [0.15, 0.2) is 11.6 Å². The summed E-state index contributed by atoms with van der Waals surface area (Å²) in [7, 11) is 1.62. The summed E-state index contributed by atoms with van der Waals surface area (Å²) >= 11 is 0. The molecule has 0 aliphatic rings. The van der Waals surface area contributed by atoms with E-state index in [1.165, 1.54) is 12.1 Å². The highest BCUT2D eigenvalue weighted by molar-refractivity contribution is 5.90. The van der Waals surface area contributed by atoms with Crippen molar-refractivity contribution in [1.82, 2.24) is 9.88 Å². The summed E-state index contributed by atoms with van der Waals surface area (Å²) < 4.78 is 27.8. The van der Waals surface area contributed by atoms with Crippen molar-refractivity contribution in [3.8, 4) is 0 Å². The van der Waals surface area contributed by atoms with E-state index in [1.807, 2.05) is 24.3 Å². The summed E-state index contributed by atoms with van der Waals surface area (Å²) in [5, 5.41) is 30.8. The zero-order valence-electron chi connectivity index (χ0n) is 17.5. The number of carbonyl (C=O) groups is 1. The first-order valence-electron chi connectivity index (χ1n) is 10.1. The number of carboxylic acid groups (broad SMARTS) is 1. The van der Waals surface area contributed by atoms with Crippen molar-refractivity contribution >= 4 is 22.7 Å². The van der Waals surface area contributed by atoms with Gasteiger partial charge in [-0.3, -0.25) is 9.80 Å². The molecule has 0 radical (unpaired) electrons. The Hall–Kier alpha value is -3.14. The fourth-order valence-corrected chi connectivity index (χ4v) is 3.55. The predicted molar refractivity (Wildman–Crippen MR) is 116 cm³/mol. The fraction of sp³-hybridized carbons (Fsp3) is 0.304. The number of fused-ring (bicyclic) bond motifs is 1. The third-order valence-corrected chi connectivity index (χ3v) is 5.35. The van der Waals surface area contributed by atoms with Gasteiger partial charge < -0.3 is 15.3 Å². The van der Waals surface area contributed by atoms with Crippen LogP contribution in [-0.2, 0) is 6.54 Å². The summed E-state index contributed by atoms with van der Waals surface area (Å²) in [5.74, 6) is -1.76. The van der Waals surface area contributed by atoms with Crippen LogP contribution in [0.1, 0.15) is 12.0 Å². The van der Waals surface area contributed by atoms with E-state index in [0.717, 1.165) is 21.7 Å². The van der Waals surface area contributed by atoms with Crippen molar-refractivity contribution in [3.05, 3.63) is 71.9 Å². The summed E-state index contributed by atoms with van der Waals surface area (Å²) in [5.41, 5.74) is 0.0988. The van der Waals surface area contributed by atoms with Crippen LogP contribution in [0.25, 0.3) is 10.8 Å². The van der Waals surface area contributed by atoms with E-state index in [0.29, 0.717) is 0 Å². The van der Waals surface area contributed by atoms with Crippen molar-refractivity contribution in [3.63, 3.8) is 0 Å². The van der Waals surface area contributed by atoms with E-state index in [2.05, 4.69) is 4.98 Å². The van der Waals surface area contributed by atoms with E-state index in [1.54, 1.807) is 24.2 Å². The molecule has 7 nitrogen and oxygen atoms in total. The zero-order chi connectivity index (χ0) is 23.3. The molecule has 0 aliphatic heterocycles. The highest BCUT2D eigenvalue weighted by Crippen LogP contribution is 2.22. The number of amides is 1. The highest BCUT2D eigenvalue weighted by Gasteiger charge is 2.27. The number of hydrogen-bond acceptors (Lipinski definition) is 5. The van der Waals surface area contributed by atoms with Gasteiger partial charge in [0.2, 0.25) is 0 Å². The molecular formula is C23H25F2N3O4. The van der Waals surface area contributed by atoms with Crippen molar-refractivity contribution in [2.24, 2.45) is 0 Å². The standard InChI is InChI=1S/C23H25F2N3O4/c1-27(12-17-7-4-8-20(24)22(17)25)18(10-19(30)14-29)13-28(23(31)32)21-9-15-5-2-3-6-16(15)11-26-21/h2-9,11,18-19,29-30H,10,12-14H2,1H3,(H,31,32)/t18-,19+/m0/s1. The van der Waals surface area contributed by atoms with E-state index in [9.17, 15) is 28.9 Å². The summed E-state index contributed by atoms with van der Waals surface area (Å²) in [6.45, 7) is -0.643. The molecule has 1 heterocycles. The van der Waals surface area contributed by atoms with Gasteiger partial charge in [0.05, 0.1) is 12.7 Å². The smallest absolute Gasteiger partial charge is 0.413 e. The average Bonchev–Trinajstić information content (AvgIpc) is 2.78. The molecule has 1 aromatic heterocycles.